The van der Waals surface area contributed by atoms with Gasteiger partial charge in [-0.2, -0.15) is 0 Å². The van der Waals surface area contributed by atoms with Crippen LogP contribution in [0.1, 0.15) is 18.7 Å². The van der Waals surface area contributed by atoms with Gasteiger partial charge >= 0.3 is 0 Å². The predicted octanol–water partition coefficient (Wildman–Crippen LogP) is 0.935. The summed E-state index contributed by atoms with van der Waals surface area (Å²) in [7, 11) is 0. The molecule has 1 radical (unpaired) electrons. The van der Waals surface area contributed by atoms with Gasteiger partial charge in [-0.05, 0) is 13.0 Å². The Labute approximate surface area is 54.2 Å². The van der Waals surface area contributed by atoms with Gasteiger partial charge in [-0.1, -0.05) is 6.07 Å². The first-order valence-electron chi connectivity index (χ1n) is 2.81. The maximum absolute atomic E-state index is 8.93. The molecule has 9 heavy (non-hydrogen) atoms. The fraction of sp³-hybridized carbons (Fsp3) is 0.286. The average molecular weight is 122 g/mol. The Morgan fingerprint density at radius 1 is 1.78 bits per heavy atom. The first-order chi connectivity index (χ1) is 4.30. The minimum Gasteiger partial charge on any atom is -0.387 e. The minimum absolute atomic E-state index is 0.508. The number of rotatable bonds is 1. The van der Waals surface area contributed by atoms with Crippen molar-refractivity contribution in [2.24, 2.45) is 0 Å². The van der Waals surface area contributed by atoms with Crippen molar-refractivity contribution in [3.8, 4) is 0 Å². The maximum Gasteiger partial charge on any atom is 0.0938 e. The molecule has 1 aromatic rings. The van der Waals surface area contributed by atoms with E-state index in [2.05, 4.69) is 11.1 Å². The summed E-state index contributed by atoms with van der Waals surface area (Å²) >= 11 is 0. The van der Waals surface area contributed by atoms with Gasteiger partial charge in [0.15, 0.2) is 0 Å². The highest BCUT2D eigenvalue weighted by Crippen LogP contribution is 2.04. The fourth-order valence-corrected chi connectivity index (χ4v) is 0.566. The molecule has 0 saturated carbocycles. The average Bonchev–Trinajstić information content (AvgIpc) is 1.90. The summed E-state index contributed by atoms with van der Waals surface area (Å²) in [5.74, 6) is 0. The molecule has 0 aliphatic heterocycles. The van der Waals surface area contributed by atoms with Gasteiger partial charge < -0.3 is 5.11 Å². The Hall–Kier alpha value is -0.890. The Morgan fingerprint density at radius 3 is 2.89 bits per heavy atom. The highest BCUT2D eigenvalue weighted by atomic mass is 16.3. The maximum atomic E-state index is 8.93. The quantitative estimate of drug-likeness (QED) is 0.601. The van der Waals surface area contributed by atoms with E-state index in [9.17, 15) is 0 Å². The molecule has 0 bridgehead atoms. The second kappa shape index (κ2) is 2.60. The van der Waals surface area contributed by atoms with Crippen LogP contribution in [0.2, 0.25) is 0 Å². The zero-order chi connectivity index (χ0) is 6.69. The highest BCUT2D eigenvalue weighted by Gasteiger charge is 1.97. The molecule has 0 saturated heterocycles. The molecule has 1 atom stereocenters. The van der Waals surface area contributed by atoms with Gasteiger partial charge in [0.25, 0.3) is 0 Å². The second-order valence-corrected chi connectivity index (χ2v) is 1.84. The van der Waals surface area contributed by atoms with E-state index in [1.54, 1.807) is 25.3 Å². The third kappa shape index (κ3) is 1.50. The summed E-state index contributed by atoms with van der Waals surface area (Å²) in [5.41, 5.74) is 0.595. The largest absolute Gasteiger partial charge is 0.387 e. The molecule has 1 heterocycles. The third-order valence-corrected chi connectivity index (χ3v) is 1.02. The summed E-state index contributed by atoms with van der Waals surface area (Å²) in [6.45, 7) is 1.67. The SMILES string of the molecule is C[C@@H](O)c1[c]cccn1. The van der Waals surface area contributed by atoms with Crippen molar-refractivity contribution >= 4 is 0 Å². The molecular weight excluding hydrogens is 114 g/mol. The van der Waals surface area contributed by atoms with Gasteiger partial charge in [0.2, 0.25) is 0 Å². The second-order valence-electron chi connectivity index (χ2n) is 1.84. The highest BCUT2D eigenvalue weighted by molar-refractivity contribution is 5.03. The van der Waals surface area contributed by atoms with Crippen LogP contribution in [0.15, 0.2) is 18.3 Å². The van der Waals surface area contributed by atoms with Crippen LogP contribution < -0.4 is 0 Å². The lowest BCUT2D eigenvalue weighted by Crippen LogP contribution is -1.93. The lowest BCUT2D eigenvalue weighted by Gasteiger charge is -1.98. The van der Waals surface area contributed by atoms with E-state index in [0.717, 1.165) is 0 Å². The molecule has 1 rings (SSSR count). The van der Waals surface area contributed by atoms with Crippen LogP contribution >= 0.6 is 0 Å². The zero-order valence-corrected chi connectivity index (χ0v) is 5.20. The van der Waals surface area contributed by atoms with Gasteiger partial charge in [-0.15, -0.1) is 0 Å². The summed E-state index contributed by atoms with van der Waals surface area (Å²) in [5, 5.41) is 8.93. The monoisotopic (exact) mass is 122 g/mol. The van der Waals surface area contributed by atoms with Gasteiger partial charge in [-0.25, -0.2) is 0 Å². The lowest BCUT2D eigenvalue weighted by atomic mass is 10.2. The number of hydrogen-bond donors (Lipinski definition) is 1. The Balaban J connectivity index is 2.85. The molecular formula is C7H8NO. The fourth-order valence-electron chi connectivity index (χ4n) is 0.566. The van der Waals surface area contributed by atoms with Crippen molar-refractivity contribution in [3.05, 3.63) is 30.1 Å². The molecule has 0 aliphatic carbocycles. The Morgan fingerprint density at radius 2 is 2.56 bits per heavy atom. The number of nitrogens with zero attached hydrogens (tertiary/aromatic N) is 1. The summed E-state index contributed by atoms with van der Waals surface area (Å²) in [4.78, 5) is 3.87. The van der Waals surface area contributed by atoms with E-state index in [1.807, 2.05) is 0 Å². The van der Waals surface area contributed by atoms with Crippen LogP contribution in [0.25, 0.3) is 0 Å². The molecule has 0 spiro atoms. The van der Waals surface area contributed by atoms with Gasteiger partial charge in [0.1, 0.15) is 0 Å². The molecule has 1 aromatic heterocycles. The van der Waals surface area contributed by atoms with Crippen molar-refractivity contribution in [2.75, 3.05) is 0 Å². The van der Waals surface area contributed by atoms with Crippen LogP contribution in [-0.2, 0) is 0 Å². The minimum atomic E-state index is -0.508. The number of pyridine rings is 1. The van der Waals surface area contributed by atoms with Crippen LogP contribution in [0.3, 0.4) is 0 Å². The first-order valence-corrected chi connectivity index (χ1v) is 2.81. The number of hydrogen-bond acceptors (Lipinski definition) is 2. The summed E-state index contributed by atoms with van der Waals surface area (Å²) in [6.07, 6.45) is 1.13. The molecule has 0 unspecified atom stereocenters. The zero-order valence-electron chi connectivity index (χ0n) is 5.20. The van der Waals surface area contributed by atoms with Crippen LogP contribution in [0.5, 0.6) is 0 Å². The summed E-state index contributed by atoms with van der Waals surface area (Å²) < 4.78 is 0. The van der Waals surface area contributed by atoms with E-state index in [-0.39, 0.29) is 0 Å². The predicted molar refractivity (Wildman–Crippen MR) is 33.7 cm³/mol. The standard InChI is InChI=1S/C7H8NO/c1-6(9)7-4-2-3-5-8-7/h2-3,5-6,9H,1H3/t6-/m1/s1. The number of aliphatic hydroxyl groups is 1. The van der Waals surface area contributed by atoms with Gasteiger partial charge in [0.05, 0.1) is 11.8 Å². The van der Waals surface area contributed by atoms with Gasteiger partial charge in [0, 0.05) is 12.3 Å². The lowest BCUT2D eigenvalue weighted by molar-refractivity contribution is 0.194. The van der Waals surface area contributed by atoms with Crippen LogP contribution in [0, 0.1) is 6.07 Å². The molecule has 2 nitrogen and oxygen atoms in total. The first kappa shape index (κ1) is 6.23. The van der Waals surface area contributed by atoms with Crippen molar-refractivity contribution in [1.29, 1.82) is 0 Å². The summed E-state index contributed by atoms with van der Waals surface area (Å²) in [6, 6.07) is 6.31. The van der Waals surface area contributed by atoms with E-state index < -0.39 is 6.10 Å². The van der Waals surface area contributed by atoms with Crippen LogP contribution in [0.4, 0.5) is 0 Å². The number of aromatic nitrogens is 1. The van der Waals surface area contributed by atoms with Crippen molar-refractivity contribution < 1.29 is 5.11 Å². The molecule has 0 amide bonds. The molecule has 1 N–H and O–H groups in total. The molecule has 2 heteroatoms. The smallest absolute Gasteiger partial charge is 0.0938 e. The van der Waals surface area contributed by atoms with Crippen LogP contribution in [-0.4, -0.2) is 10.1 Å². The molecule has 0 aromatic carbocycles. The van der Waals surface area contributed by atoms with Crippen molar-refractivity contribution in [2.45, 2.75) is 13.0 Å². The number of aliphatic hydroxyl groups excluding tert-OH is 1. The van der Waals surface area contributed by atoms with Gasteiger partial charge in [-0.3, -0.25) is 4.98 Å². The van der Waals surface area contributed by atoms with E-state index >= 15 is 0 Å². The van der Waals surface area contributed by atoms with Crippen molar-refractivity contribution in [3.63, 3.8) is 0 Å². The van der Waals surface area contributed by atoms with Crippen molar-refractivity contribution in [1.82, 2.24) is 4.98 Å². The normalized spacial score (nSPS) is 13.1. The van der Waals surface area contributed by atoms with E-state index in [4.69, 9.17) is 5.11 Å². The Kier molecular flexibility index (Phi) is 1.80. The Bertz CT molecular complexity index is 172. The third-order valence-electron chi connectivity index (χ3n) is 1.02. The van der Waals surface area contributed by atoms with E-state index in [1.165, 1.54) is 0 Å². The van der Waals surface area contributed by atoms with E-state index in [0.29, 0.717) is 5.69 Å². The molecule has 0 fully saturated rings. The molecule has 0 aliphatic rings. The topological polar surface area (TPSA) is 33.1 Å². The molecule has 47 valence electrons.